The van der Waals surface area contributed by atoms with Crippen LogP contribution in [0.1, 0.15) is 10.4 Å². The van der Waals surface area contributed by atoms with E-state index in [4.69, 9.17) is 21.1 Å². The predicted octanol–water partition coefficient (Wildman–Crippen LogP) is 1.17. The number of Topliss-reactive ketones (excluding diaryl/α,β-unsaturated/α-hetero) is 1. The molecule has 0 aromatic heterocycles. The van der Waals surface area contributed by atoms with Crippen LogP contribution in [0.2, 0.25) is 0 Å². The maximum atomic E-state index is 12.2. The third-order valence-electron chi connectivity index (χ3n) is 4.09. The van der Waals surface area contributed by atoms with Crippen LogP contribution in [-0.2, 0) is 9.53 Å². The molecule has 1 fully saturated rings. The minimum atomic E-state index is -0.166. The van der Waals surface area contributed by atoms with Gasteiger partial charge in [-0.1, -0.05) is 0 Å². The maximum absolute atomic E-state index is 12.2. The highest BCUT2D eigenvalue weighted by Crippen LogP contribution is 2.33. The zero-order valence-electron chi connectivity index (χ0n) is 12.8. The number of fused-ring (bicyclic) bond motifs is 1. The number of morpholine rings is 1. The Morgan fingerprint density at radius 2 is 2.00 bits per heavy atom. The number of anilines is 1. The molecule has 1 saturated heterocycles. The lowest BCUT2D eigenvalue weighted by molar-refractivity contribution is -0.121. The van der Waals surface area contributed by atoms with Crippen LogP contribution in [0.25, 0.3) is 0 Å². The van der Waals surface area contributed by atoms with Gasteiger partial charge in [0.15, 0.2) is 12.4 Å². The number of alkyl halides is 1. The van der Waals surface area contributed by atoms with Crippen molar-refractivity contribution >= 4 is 29.0 Å². The second kappa shape index (κ2) is 7.29. The molecule has 6 nitrogen and oxygen atoms in total. The van der Waals surface area contributed by atoms with Gasteiger partial charge >= 0.3 is 0 Å². The van der Waals surface area contributed by atoms with Gasteiger partial charge in [-0.2, -0.15) is 0 Å². The molecular weight excluding hydrogens is 320 g/mol. The van der Waals surface area contributed by atoms with Crippen molar-refractivity contribution in [2.24, 2.45) is 0 Å². The van der Waals surface area contributed by atoms with Crippen LogP contribution in [0.3, 0.4) is 0 Å². The average molecular weight is 339 g/mol. The smallest absolute Gasteiger partial charge is 0.265 e. The van der Waals surface area contributed by atoms with Gasteiger partial charge in [0.1, 0.15) is 5.75 Å². The molecule has 2 aliphatic rings. The highest BCUT2D eigenvalue weighted by Gasteiger charge is 2.27. The highest BCUT2D eigenvalue weighted by molar-refractivity contribution is 6.30. The van der Waals surface area contributed by atoms with Gasteiger partial charge in [0, 0.05) is 31.7 Å². The number of nitrogens with zero attached hydrogens (tertiary/aromatic N) is 2. The molecule has 0 bridgehead atoms. The second-order valence-electron chi connectivity index (χ2n) is 5.53. The Hall–Kier alpha value is -1.63. The summed E-state index contributed by atoms with van der Waals surface area (Å²) in [6.45, 7) is 4.55. The Morgan fingerprint density at radius 3 is 2.74 bits per heavy atom. The topological polar surface area (TPSA) is 59.1 Å². The molecule has 1 aromatic carbocycles. The number of hydrogen-bond donors (Lipinski definition) is 0. The number of ether oxygens (including phenoxy) is 2. The van der Waals surface area contributed by atoms with Crippen molar-refractivity contribution in [1.29, 1.82) is 0 Å². The molecule has 0 unspecified atom stereocenters. The lowest BCUT2D eigenvalue weighted by Crippen LogP contribution is -2.46. The molecule has 0 N–H and O–H groups in total. The van der Waals surface area contributed by atoms with Gasteiger partial charge < -0.3 is 14.4 Å². The summed E-state index contributed by atoms with van der Waals surface area (Å²) < 4.78 is 10.8. The molecule has 0 radical (unpaired) electrons. The fourth-order valence-electron chi connectivity index (χ4n) is 2.76. The van der Waals surface area contributed by atoms with Crippen molar-refractivity contribution < 1.29 is 19.1 Å². The minimum absolute atomic E-state index is 0.0267. The van der Waals surface area contributed by atoms with E-state index < -0.39 is 0 Å². The molecule has 1 amide bonds. The van der Waals surface area contributed by atoms with E-state index >= 15 is 0 Å². The number of halogens is 1. The number of ketones is 1. The number of hydrogen-bond acceptors (Lipinski definition) is 5. The molecule has 124 valence electrons. The Bertz CT molecular complexity index is 602. The SMILES string of the molecule is O=C(CCl)c1ccc2c(c1)N(CCN1CCOCC1)C(=O)CO2. The first-order chi connectivity index (χ1) is 11.2. The van der Waals surface area contributed by atoms with Crippen LogP contribution >= 0.6 is 11.6 Å². The van der Waals surface area contributed by atoms with E-state index in [0.717, 1.165) is 32.8 Å². The van der Waals surface area contributed by atoms with Gasteiger partial charge in [-0.25, -0.2) is 0 Å². The number of carbonyl (C=O) groups excluding carboxylic acids is 2. The zero-order valence-corrected chi connectivity index (χ0v) is 13.6. The lowest BCUT2D eigenvalue weighted by atomic mass is 10.1. The summed E-state index contributed by atoms with van der Waals surface area (Å²) in [4.78, 5) is 28.0. The van der Waals surface area contributed by atoms with Crippen molar-refractivity contribution in [1.82, 2.24) is 4.90 Å². The third kappa shape index (κ3) is 3.65. The molecule has 23 heavy (non-hydrogen) atoms. The maximum Gasteiger partial charge on any atom is 0.265 e. The normalized spacial score (nSPS) is 18.5. The van der Waals surface area contributed by atoms with Crippen LogP contribution in [0.4, 0.5) is 5.69 Å². The van der Waals surface area contributed by atoms with Crippen LogP contribution in [0.15, 0.2) is 18.2 Å². The number of benzene rings is 1. The molecule has 2 aliphatic heterocycles. The second-order valence-corrected chi connectivity index (χ2v) is 5.79. The average Bonchev–Trinajstić information content (AvgIpc) is 2.60. The summed E-state index contributed by atoms with van der Waals surface area (Å²) in [6, 6.07) is 5.10. The quantitative estimate of drug-likeness (QED) is 0.596. The monoisotopic (exact) mass is 338 g/mol. The first-order valence-corrected chi connectivity index (χ1v) is 8.19. The first-order valence-electron chi connectivity index (χ1n) is 7.65. The number of carbonyl (C=O) groups is 2. The van der Waals surface area contributed by atoms with E-state index in [1.807, 2.05) is 0 Å². The molecule has 0 saturated carbocycles. The predicted molar refractivity (Wildman–Crippen MR) is 86.6 cm³/mol. The van der Waals surface area contributed by atoms with E-state index in [1.54, 1.807) is 23.1 Å². The highest BCUT2D eigenvalue weighted by atomic mass is 35.5. The van der Waals surface area contributed by atoms with Crippen LogP contribution < -0.4 is 9.64 Å². The summed E-state index contributed by atoms with van der Waals surface area (Å²) in [5, 5.41) is 0. The Labute approximate surface area is 139 Å². The summed E-state index contributed by atoms with van der Waals surface area (Å²) in [7, 11) is 0. The fourth-order valence-corrected chi connectivity index (χ4v) is 2.92. The van der Waals surface area contributed by atoms with Crippen molar-refractivity contribution in [3.63, 3.8) is 0 Å². The fraction of sp³-hybridized carbons (Fsp3) is 0.500. The molecule has 0 spiro atoms. The molecular formula is C16H19ClN2O4. The van der Waals surface area contributed by atoms with Gasteiger partial charge in [0.25, 0.3) is 5.91 Å². The van der Waals surface area contributed by atoms with Crippen molar-refractivity contribution in [2.45, 2.75) is 0 Å². The van der Waals surface area contributed by atoms with Crippen molar-refractivity contribution in [2.75, 3.05) is 56.8 Å². The van der Waals surface area contributed by atoms with Crippen LogP contribution in [0, 0.1) is 0 Å². The lowest BCUT2D eigenvalue weighted by Gasteiger charge is -2.33. The Balaban J connectivity index is 1.77. The Kier molecular flexibility index (Phi) is 5.15. The number of rotatable bonds is 5. The van der Waals surface area contributed by atoms with Crippen LogP contribution in [-0.4, -0.2) is 68.5 Å². The molecule has 0 aliphatic carbocycles. The van der Waals surface area contributed by atoms with E-state index in [1.165, 1.54) is 0 Å². The number of amides is 1. The molecule has 2 heterocycles. The van der Waals surface area contributed by atoms with Gasteiger partial charge in [-0.05, 0) is 18.2 Å². The van der Waals surface area contributed by atoms with E-state index in [9.17, 15) is 9.59 Å². The largest absolute Gasteiger partial charge is 0.482 e. The zero-order chi connectivity index (χ0) is 16.2. The van der Waals surface area contributed by atoms with E-state index in [2.05, 4.69) is 4.90 Å². The molecule has 3 rings (SSSR count). The molecule has 0 atom stereocenters. The summed E-state index contributed by atoms with van der Waals surface area (Å²) in [5.41, 5.74) is 1.14. The van der Waals surface area contributed by atoms with Gasteiger partial charge in [0.05, 0.1) is 24.8 Å². The van der Waals surface area contributed by atoms with E-state index in [0.29, 0.717) is 23.5 Å². The van der Waals surface area contributed by atoms with Gasteiger partial charge in [-0.15, -0.1) is 11.6 Å². The Morgan fingerprint density at radius 1 is 1.22 bits per heavy atom. The standard InChI is InChI=1S/C16H19ClN2O4/c17-10-14(20)12-1-2-15-13(9-12)19(16(21)11-23-15)4-3-18-5-7-22-8-6-18/h1-2,9H,3-8,10-11H2. The first kappa shape index (κ1) is 16.2. The van der Waals surface area contributed by atoms with Gasteiger partial charge in [0.2, 0.25) is 0 Å². The molecule has 7 heteroatoms. The third-order valence-corrected chi connectivity index (χ3v) is 4.33. The summed E-state index contributed by atoms with van der Waals surface area (Å²) in [6.07, 6.45) is 0. The van der Waals surface area contributed by atoms with E-state index in [-0.39, 0.29) is 24.2 Å². The van der Waals surface area contributed by atoms with Gasteiger partial charge in [-0.3, -0.25) is 14.5 Å². The summed E-state index contributed by atoms with van der Waals surface area (Å²) in [5.74, 6) is 0.279. The van der Waals surface area contributed by atoms with Crippen LogP contribution in [0.5, 0.6) is 5.75 Å². The minimum Gasteiger partial charge on any atom is -0.482 e. The molecule has 1 aromatic rings. The van der Waals surface area contributed by atoms with Crippen molar-refractivity contribution in [3.8, 4) is 5.75 Å². The van der Waals surface area contributed by atoms with Crippen molar-refractivity contribution in [3.05, 3.63) is 23.8 Å². The summed E-state index contributed by atoms with van der Waals surface area (Å²) >= 11 is 5.62.